The molecule has 13 nitrogen and oxygen atoms in total. The average molecular weight is 757 g/mol. The molecule has 1 fully saturated rings. The van der Waals surface area contributed by atoms with E-state index in [1.54, 1.807) is 32.9 Å². The van der Waals surface area contributed by atoms with E-state index in [2.05, 4.69) is 5.32 Å². The van der Waals surface area contributed by atoms with Gasteiger partial charge in [-0.3, -0.25) is 14.5 Å². The molecule has 3 aromatic carbocycles. The number of carbonyl (C=O) groups excluding carboxylic acids is 3. The van der Waals surface area contributed by atoms with Crippen molar-refractivity contribution < 1.29 is 42.5 Å². The fourth-order valence-electron chi connectivity index (χ4n) is 6.36. The average Bonchev–Trinajstić information content (AvgIpc) is 3.64. The number of aliphatic hydroxyl groups is 1. The number of amides is 4. The quantitative estimate of drug-likeness (QED) is 0.192. The number of nitrogens with one attached hydrogen (secondary N) is 1. The molecule has 5 rings (SSSR count). The van der Waals surface area contributed by atoms with Crippen molar-refractivity contribution in [1.82, 2.24) is 19.4 Å². The van der Waals surface area contributed by atoms with E-state index in [-0.39, 0.29) is 61.0 Å². The van der Waals surface area contributed by atoms with Crippen LogP contribution in [0.25, 0.3) is 0 Å². The summed E-state index contributed by atoms with van der Waals surface area (Å²) in [5.74, 6) is -0.825. The van der Waals surface area contributed by atoms with Gasteiger partial charge in [0.15, 0.2) is 11.5 Å². The number of urea groups is 1. The summed E-state index contributed by atoms with van der Waals surface area (Å²) >= 11 is 6.44. The van der Waals surface area contributed by atoms with E-state index in [1.165, 1.54) is 27.4 Å². The van der Waals surface area contributed by atoms with Gasteiger partial charge in [-0.1, -0.05) is 69.6 Å². The molecule has 280 valence electrons. The van der Waals surface area contributed by atoms with Crippen LogP contribution in [0.3, 0.4) is 0 Å². The van der Waals surface area contributed by atoms with Crippen LogP contribution >= 0.6 is 11.6 Å². The van der Waals surface area contributed by atoms with Crippen LogP contribution in [-0.2, 0) is 32.6 Å². The molecule has 3 aromatic rings. The molecule has 1 saturated heterocycles. The Morgan fingerprint density at radius 2 is 1.67 bits per heavy atom. The van der Waals surface area contributed by atoms with E-state index >= 15 is 0 Å². The highest BCUT2D eigenvalue weighted by Gasteiger charge is 2.44. The minimum absolute atomic E-state index is 0.0271. The van der Waals surface area contributed by atoms with Crippen LogP contribution < -0.4 is 14.8 Å². The normalized spacial score (nSPS) is 16.3. The minimum atomic E-state index is -4.13. The molecule has 1 unspecified atom stereocenters. The molecule has 3 N–H and O–H groups in total. The molecule has 15 heteroatoms. The first-order valence-corrected chi connectivity index (χ1v) is 18.9. The number of hydrogen-bond acceptors (Lipinski definition) is 9. The maximum atomic E-state index is 14.2. The van der Waals surface area contributed by atoms with Gasteiger partial charge in [0.2, 0.25) is 22.7 Å². The molecule has 2 aliphatic rings. The smallest absolute Gasteiger partial charge is 0.328 e. The summed E-state index contributed by atoms with van der Waals surface area (Å²) in [6.07, 6.45) is -1.24. The summed E-state index contributed by atoms with van der Waals surface area (Å²) in [5.41, 5.74) is 1.63. The van der Waals surface area contributed by atoms with E-state index < -0.39 is 52.0 Å². The van der Waals surface area contributed by atoms with Crippen LogP contribution in [0.1, 0.15) is 44.4 Å². The maximum absolute atomic E-state index is 14.2. The number of rotatable bonds is 15. The number of carbonyl (C=O) groups is 3. The van der Waals surface area contributed by atoms with Crippen molar-refractivity contribution in [3.63, 3.8) is 0 Å². The van der Waals surface area contributed by atoms with Gasteiger partial charge in [-0.25, -0.2) is 13.2 Å². The summed E-state index contributed by atoms with van der Waals surface area (Å²) in [7, 11) is -4.13. The van der Waals surface area contributed by atoms with E-state index in [1.807, 2.05) is 44.2 Å². The van der Waals surface area contributed by atoms with Gasteiger partial charge in [-0.15, -0.1) is 0 Å². The summed E-state index contributed by atoms with van der Waals surface area (Å²) in [5, 5.41) is 25.0. The Balaban J connectivity index is 1.39. The zero-order chi connectivity index (χ0) is 37.9. The zero-order valence-corrected chi connectivity index (χ0v) is 31.4. The number of sulfonamides is 1. The van der Waals surface area contributed by atoms with E-state index in [0.717, 1.165) is 10.5 Å². The Hall–Kier alpha value is -4.37. The van der Waals surface area contributed by atoms with Crippen molar-refractivity contribution in [3.8, 4) is 17.2 Å². The van der Waals surface area contributed by atoms with Crippen LogP contribution in [0.15, 0.2) is 65.6 Å². The summed E-state index contributed by atoms with van der Waals surface area (Å²) < 4.78 is 39.7. The molecule has 0 bridgehead atoms. The monoisotopic (exact) mass is 756 g/mol. The molecule has 4 amide bonds. The Bertz CT molecular complexity index is 1910. The third kappa shape index (κ3) is 8.63. The van der Waals surface area contributed by atoms with Crippen molar-refractivity contribution in [3.05, 3.63) is 82.4 Å². The van der Waals surface area contributed by atoms with Gasteiger partial charge in [0, 0.05) is 24.2 Å². The summed E-state index contributed by atoms with van der Waals surface area (Å²) in [4.78, 5) is 43.4. The molecular formula is C37H45ClN4O9S. The Morgan fingerprint density at radius 3 is 2.31 bits per heavy atom. The Kier molecular flexibility index (Phi) is 12.0. The summed E-state index contributed by atoms with van der Waals surface area (Å²) in [6, 6.07) is 13.5. The van der Waals surface area contributed by atoms with Crippen molar-refractivity contribution in [2.24, 2.45) is 11.8 Å². The van der Waals surface area contributed by atoms with Crippen molar-refractivity contribution >= 4 is 39.5 Å². The molecule has 52 heavy (non-hydrogen) atoms. The van der Waals surface area contributed by atoms with Crippen molar-refractivity contribution in [2.75, 3.05) is 26.4 Å². The van der Waals surface area contributed by atoms with Gasteiger partial charge >= 0.3 is 6.03 Å². The number of fused-ring (bicyclic) bond motifs is 1. The third-order valence-corrected chi connectivity index (χ3v) is 11.2. The molecule has 0 aliphatic carbocycles. The second-order valence-electron chi connectivity index (χ2n) is 13.9. The lowest BCUT2D eigenvalue weighted by atomic mass is 9.97. The van der Waals surface area contributed by atoms with Gasteiger partial charge in [0.05, 0.1) is 23.6 Å². The Morgan fingerprint density at radius 1 is 1.00 bits per heavy atom. The van der Waals surface area contributed by atoms with Gasteiger partial charge in [0.25, 0.3) is 5.91 Å². The predicted molar refractivity (Wildman–Crippen MR) is 193 cm³/mol. The molecule has 3 atom stereocenters. The van der Waals surface area contributed by atoms with E-state index in [0.29, 0.717) is 22.6 Å². The number of imide groups is 1. The van der Waals surface area contributed by atoms with Gasteiger partial charge < -0.3 is 29.9 Å². The number of aliphatic hydroxyl groups excluding tert-OH is 1. The largest absolute Gasteiger partial charge is 0.508 e. The summed E-state index contributed by atoms with van der Waals surface area (Å²) in [6.45, 7) is 8.05. The highest BCUT2D eigenvalue weighted by atomic mass is 35.5. The SMILES string of the molecule is Cc1cc(S(=O)(=O)N(CC(C)C)C[C@@H](O)[C@H](Cc2ccccc2)NC(=O)C(C(C)C)N2CC(=O)N(Cc3cc4c(cc3Cl)OCO4)C2=O)ccc1O. The van der Waals surface area contributed by atoms with Gasteiger partial charge in [-0.2, -0.15) is 4.31 Å². The lowest BCUT2D eigenvalue weighted by Gasteiger charge is -2.34. The number of hydrogen-bond donors (Lipinski definition) is 3. The van der Waals surface area contributed by atoms with Crippen LogP contribution in [0.2, 0.25) is 5.02 Å². The Labute approximate surface area is 309 Å². The molecule has 2 heterocycles. The highest BCUT2D eigenvalue weighted by Crippen LogP contribution is 2.38. The number of aryl methyl sites for hydroxylation is 1. The highest BCUT2D eigenvalue weighted by molar-refractivity contribution is 7.89. The van der Waals surface area contributed by atoms with Crippen LogP contribution in [0, 0.1) is 18.8 Å². The number of benzene rings is 3. The lowest BCUT2D eigenvalue weighted by molar-refractivity contribution is -0.129. The third-order valence-electron chi connectivity index (χ3n) is 9.05. The second kappa shape index (κ2) is 16.1. The lowest BCUT2D eigenvalue weighted by Crippen LogP contribution is -2.57. The van der Waals surface area contributed by atoms with Crippen LogP contribution in [-0.4, -0.2) is 95.2 Å². The van der Waals surface area contributed by atoms with Crippen molar-refractivity contribution in [1.29, 1.82) is 0 Å². The standard InChI is InChI=1S/C37H45ClN4O9S/c1-22(2)17-40(52(48,49)27-11-12-30(43)24(5)13-27)19-31(44)29(14-25-9-7-6-8-10-25)39-36(46)35(23(3)4)42-20-34(45)41(37(42)47)18-26-15-32-33(16-28(26)38)51-21-50-32/h6-13,15-16,22-23,29,31,35,43-44H,14,17-21H2,1-5H3,(H,39,46)/t29-,31+,35?/m0/s1. The number of phenols is 1. The first kappa shape index (κ1) is 38.9. The molecule has 0 aromatic heterocycles. The fourth-order valence-corrected chi connectivity index (χ4v) is 8.28. The van der Waals surface area contributed by atoms with Gasteiger partial charge in [-0.05, 0) is 66.1 Å². The fraction of sp³-hybridized carbons (Fsp3) is 0.432. The molecule has 0 radical (unpaired) electrons. The predicted octanol–water partition coefficient (Wildman–Crippen LogP) is 4.31. The van der Waals surface area contributed by atoms with Crippen LogP contribution in [0.5, 0.6) is 17.2 Å². The number of aromatic hydroxyl groups is 1. The molecule has 2 aliphatic heterocycles. The first-order chi connectivity index (χ1) is 24.6. The maximum Gasteiger partial charge on any atom is 0.328 e. The number of halogens is 1. The number of ether oxygens (including phenoxy) is 2. The number of phenolic OH excluding ortho intramolecular Hbond substituents is 1. The van der Waals surface area contributed by atoms with E-state index in [9.17, 15) is 33.0 Å². The first-order valence-electron chi connectivity index (χ1n) is 17.1. The zero-order valence-electron chi connectivity index (χ0n) is 29.8. The van der Waals surface area contributed by atoms with Crippen LogP contribution in [0.4, 0.5) is 4.79 Å². The molecule has 0 spiro atoms. The van der Waals surface area contributed by atoms with E-state index in [4.69, 9.17) is 21.1 Å². The number of nitrogens with zero attached hydrogens (tertiary/aromatic N) is 3. The molecule has 0 saturated carbocycles. The minimum Gasteiger partial charge on any atom is -0.508 e. The second-order valence-corrected chi connectivity index (χ2v) is 16.3. The van der Waals surface area contributed by atoms with Gasteiger partial charge in [0.1, 0.15) is 18.3 Å². The topological polar surface area (TPSA) is 166 Å². The molecular weight excluding hydrogens is 712 g/mol. The van der Waals surface area contributed by atoms with Crippen molar-refractivity contribution in [2.45, 2.75) is 70.7 Å².